The van der Waals surface area contributed by atoms with E-state index in [9.17, 15) is 9.59 Å². The number of benzene rings is 2. The summed E-state index contributed by atoms with van der Waals surface area (Å²) in [5.41, 5.74) is 1.22. The second-order valence-electron chi connectivity index (χ2n) is 5.74. The number of ether oxygens (including phenoxy) is 3. The summed E-state index contributed by atoms with van der Waals surface area (Å²) in [5.74, 6) is 1.38. The highest BCUT2D eigenvalue weighted by Crippen LogP contribution is 2.32. The van der Waals surface area contributed by atoms with E-state index < -0.39 is 0 Å². The molecule has 7 heteroatoms. The zero-order valence-corrected chi connectivity index (χ0v) is 15.9. The highest BCUT2D eigenvalue weighted by atomic mass is 16.5. The topological polar surface area (TPSA) is 77.1 Å². The maximum Gasteiger partial charge on any atom is 0.226 e. The van der Waals surface area contributed by atoms with Gasteiger partial charge >= 0.3 is 0 Å². The average molecular weight is 372 g/mol. The monoisotopic (exact) mass is 372 g/mol. The van der Waals surface area contributed by atoms with Gasteiger partial charge < -0.3 is 24.4 Å². The quantitative estimate of drug-likeness (QED) is 0.770. The van der Waals surface area contributed by atoms with Crippen molar-refractivity contribution in [3.05, 3.63) is 42.5 Å². The zero-order valence-electron chi connectivity index (χ0n) is 15.9. The van der Waals surface area contributed by atoms with Crippen molar-refractivity contribution in [1.29, 1.82) is 0 Å². The molecule has 0 heterocycles. The van der Waals surface area contributed by atoms with E-state index in [4.69, 9.17) is 14.2 Å². The second kappa shape index (κ2) is 9.47. The fraction of sp³-hybridized carbons (Fsp3) is 0.300. The minimum absolute atomic E-state index is 0.131. The van der Waals surface area contributed by atoms with Crippen LogP contribution in [0.25, 0.3) is 0 Å². The third-order valence-electron chi connectivity index (χ3n) is 3.97. The summed E-state index contributed by atoms with van der Waals surface area (Å²) in [6, 6.07) is 12.3. The van der Waals surface area contributed by atoms with Crippen LogP contribution in [-0.2, 0) is 9.59 Å². The van der Waals surface area contributed by atoms with Crippen molar-refractivity contribution in [2.75, 3.05) is 38.1 Å². The van der Waals surface area contributed by atoms with Crippen molar-refractivity contribution in [2.45, 2.75) is 13.3 Å². The van der Waals surface area contributed by atoms with Gasteiger partial charge in [0.15, 0.2) is 0 Å². The first-order valence-corrected chi connectivity index (χ1v) is 8.42. The molecule has 1 N–H and O–H groups in total. The predicted octanol–water partition coefficient (Wildman–Crippen LogP) is 3.09. The van der Waals surface area contributed by atoms with Gasteiger partial charge in [0.1, 0.15) is 17.2 Å². The highest BCUT2D eigenvalue weighted by molar-refractivity contribution is 5.96. The van der Waals surface area contributed by atoms with Crippen LogP contribution in [0.5, 0.6) is 17.2 Å². The second-order valence-corrected chi connectivity index (χ2v) is 5.74. The molecule has 0 aliphatic heterocycles. The summed E-state index contributed by atoms with van der Waals surface area (Å²) in [4.78, 5) is 25.9. The largest absolute Gasteiger partial charge is 0.497 e. The van der Waals surface area contributed by atoms with Crippen molar-refractivity contribution < 1.29 is 23.8 Å². The lowest BCUT2D eigenvalue weighted by Gasteiger charge is -2.23. The molecule has 27 heavy (non-hydrogen) atoms. The van der Waals surface area contributed by atoms with Crippen LogP contribution in [0.15, 0.2) is 42.5 Å². The standard InChI is InChI=1S/C20H24N2O5/c1-14(23)22(18-9-8-17(26-3)13-19(18)27-4)11-10-20(24)21-15-6-5-7-16(12-15)25-2/h5-9,12-13H,10-11H2,1-4H3,(H,21,24). The Kier molecular flexibility index (Phi) is 7.05. The summed E-state index contributed by atoms with van der Waals surface area (Å²) < 4.78 is 15.7. The predicted molar refractivity (Wildman–Crippen MR) is 104 cm³/mol. The van der Waals surface area contributed by atoms with Gasteiger partial charge in [-0.25, -0.2) is 0 Å². The van der Waals surface area contributed by atoms with Crippen LogP contribution in [0.1, 0.15) is 13.3 Å². The van der Waals surface area contributed by atoms with E-state index in [-0.39, 0.29) is 24.8 Å². The molecule has 0 atom stereocenters. The Morgan fingerprint density at radius 2 is 1.67 bits per heavy atom. The number of methoxy groups -OCH3 is 3. The first-order chi connectivity index (χ1) is 13.0. The lowest BCUT2D eigenvalue weighted by Crippen LogP contribution is -2.32. The minimum atomic E-state index is -0.206. The van der Waals surface area contributed by atoms with Gasteiger partial charge in [-0.15, -0.1) is 0 Å². The maximum absolute atomic E-state index is 12.3. The van der Waals surface area contributed by atoms with Gasteiger partial charge in [0.25, 0.3) is 0 Å². The molecule has 0 saturated heterocycles. The number of hydrogen-bond acceptors (Lipinski definition) is 5. The van der Waals surface area contributed by atoms with Crippen molar-refractivity contribution >= 4 is 23.2 Å². The number of rotatable bonds is 8. The SMILES string of the molecule is COc1cccc(NC(=O)CCN(C(C)=O)c2ccc(OC)cc2OC)c1. The van der Waals surface area contributed by atoms with Gasteiger partial charge in [-0.1, -0.05) is 6.07 Å². The van der Waals surface area contributed by atoms with E-state index in [0.717, 1.165) is 0 Å². The molecule has 144 valence electrons. The molecule has 0 fully saturated rings. The molecule has 2 aromatic carbocycles. The minimum Gasteiger partial charge on any atom is -0.497 e. The van der Waals surface area contributed by atoms with Gasteiger partial charge in [-0.05, 0) is 24.3 Å². The van der Waals surface area contributed by atoms with E-state index in [1.165, 1.54) is 18.9 Å². The van der Waals surface area contributed by atoms with Crippen LogP contribution in [-0.4, -0.2) is 39.7 Å². The summed E-state index contributed by atoms with van der Waals surface area (Å²) in [6.45, 7) is 1.66. The van der Waals surface area contributed by atoms with Crippen LogP contribution in [0, 0.1) is 0 Å². The van der Waals surface area contributed by atoms with Gasteiger partial charge in [0, 0.05) is 37.7 Å². The molecule has 0 unspecified atom stereocenters. The Hall–Kier alpha value is -3.22. The van der Waals surface area contributed by atoms with Crippen LogP contribution in [0.3, 0.4) is 0 Å². The van der Waals surface area contributed by atoms with Crippen molar-refractivity contribution in [1.82, 2.24) is 0 Å². The van der Waals surface area contributed by atoms with E-state index in [2.05, 4.69) is 5.32 Å². The molecule has 0 saturated carbocycles. The van der Waals surface area contributed by atoms with Crippen LogP contribution in [0.4, 0.5) is 11.4 Å². The molecule has 0 bridgehead atoms. The van der Waals surface area contributed by atoms with Crippen LogP contribution in [0.2, 0.25) is 0 Å². The molecule has 2 amide bonds. The van der Waals surface area contributed by atoms with Crippen molar-refractivity contribution in [2.24, 2.45) is 0 Å². The molecule has 7 nitrogen and oxygen atoms in total. The molecule has 0 aliphatic rings. The number of anilines is 2. The molecular weight excluding hydrogens is 348 g/mol. The summed E-state index contributed by atoms with van der Waals surface area (Å²) in [5, 5.41) is 2.80. The number of carbonyl (C=O) groups excluding carboxylic acids is 2. The Morgan fingerprint density at radius 1 is 0.963 bits per heavy atom. The Morgan fingerprint density at radius 3 is 2.30 bits per heavy atom. The third-order valence-corrected chi connectivity index (χ3v) is 3.97. The van der Waals surface area contributed by atoms with Gasteiger partial charge in [0.05, 0.1) is 27.0 Å². The molecular formula is C20H24N2O5. The molecule has 0 spiro atoms. The van der Waals surface area contributed by atoms with Gasteiger partial charge in [-0.3, -0.25) is 9.59 Å². The number of nitrogens with zero attached hydrogens (tertiary/aromatic N) is 1. The lowest BCUT2D eigenvalue weighted by molar-refractivity contribution is -0.117. The van der Waals surface area contributed by atoms with E-state index in [1.54, 1.807) is 56.7 Å². The molecule has 0 aliphatic carbocycles. The fourth-order valence-electron chi connectivity index (χ4n) is 2.59. The first-order valence-electron chi connectivity index (χ1n) is 8.42. The number of nitrogens with one attached hydrogen (secondary N) is 1. The summed E-state index contributed by atoms with van der Waals surface area (Å²) in [6.07, 6.45) is 0.131. The molecule has 2 rings (SSSR count). The van der Waals surface area contributed by atoms with Crippen molar-refractivity contribution in [3.63, 3.8) is 0 Å². The number of amides is 2. The Labute approximate surface area is 158 Å². The fourth-order valence-corrected chi connectivity index (χ4v) is 2.59. The molecule has 0 radical (unpaired) electrons. The van der Waals surface area contributed by atoms with Crippen LogP contribution < -0.4 is 24.4 Å². The van der Waals surface area contributed by atoms with Gasteiger partial charge in [0.2, 0.25) is 11.8 Å². The average Bonchev–Trinajstić information content (AvgIpc) is 2.68. The number of hydrogen-bond donors (Lipinski definition) is 1. The third kappa shape index (κ3) is 5.37. The summed E-state index contributed by atoms with van der Waals surface area (Å²) >= 11 is 0. The first kappa shape index (κ1) is 20.1. The smallest absolute Gasteiger partial charge is 0.226 e. The van der Waals surface area contributed by atoms with Gasteiger partial charge in [-0.2, -0.15) is 0 Å². The molecule has 0 aromatic heterocycles. The van der Waals surface area contributed by atoms with Crippen molar-refractivity contribution in [3.8, 4) is 17.2 Å². The van der Waals surface area contributed by atoms with Crippen LogP contribution >= 0.6 is 0 Å². The zero-order chi connectivity index (χ0) is 19.8. The molecule has 2 aromatic rings. The van der Waals surface area contributed by atoms with E-state index >= 15 is 0 Å². The lowest BCUT2D eigenvalue weighted by atomic mass is 10.2. The normalized spacial score (nSPS) is 10.1. The van der Waals surface area contributed by atoms with E-state index in [1.807, 2.05) is 0 Å². The maximum atomic E-state index is 12.3. The Balaban J connectivity index is 2.08. The Bertz CT molecular complexity index is 807. The number of carbonyl (C=O) groups is 2. The summed E-state index contributed by atoms with van der Waals surface area (Å²) in [7, 11) is 4.64. The highest BCUT2D eigenvalue weighted by Gasteiger charge is 2.18. The van der Waals surface area contributed by atoms with E-state index in [0.29, 0.717) is 28.6 Å².